The maximum Gasteiger partial charge on any atom is 0.123 e. The normalized spacial score (nSPS) is 23.1. The molecule has 1 fully saturated rings. The van der Waals surface area contributed by atoms with Crippen LogP contribution in [0, 0.1) is 5.82 Å². The van der Waals surface area contributed by atoms with E-state index in [1.165, 1.54) is 11.6 Å². The van der Waals surface area contributed by atoms with Crippen molar-refractivity contribution in [3.63, 3.8) is 0 Å². The average molecular weight is 284 g/mol. The van der Waals surface area contributed by atoms with Gasteiger partial charge in [0.15, 0.2) is 0 Å². The largest absolute Gasteiger partial charge is 0.305 e. The third kappa shape index (κ3) is 3.31. The van der Waals surface area contributed by atoms with E-state index in [1.54, 1.807) is 12.1 Å². The Hall–Kier alpha value is -1.71. The number of halogens is 1. The van der Waals surface area contributed by atoms with Crippen molar-refractivity contribution in [1.82, 2.24) is 10.2 Å². The highest BCUT2D eigenvalue weighted by Crippen LogP contribution is 2.25. The van der Waals surface area contributed by atoms with E-state index in [0.717, 1.165) is 31.7 Å². The number of nitrogens with one attached hydrogen (secondary N) is 1. The van der Waals surface area contributed by atoms with Crippen molar-refractivity contribution in [2.24, 2.45) is 0 Å². The third-order valence-corrected chi connectivity index (χ3v) is 4.19. The quantitative estimate of drug-likeness (QED) is 0.931. The Labute approximate surface area is 125 Å². The molecule has 0 aromatic heterocycles. The van der Waals surface area contributed by atoms with Crippen molar-refractivity contribution in [2.45, 2.75) is 19.0 Å². The number of benzene rings is 2. The fraction of sp³-hybridized carbons (Fsp3) is 0.333. The summed E-state index contributed by atoms with van der Waals surface area (Å²) in [6.07, 6.45) is 0. The molecule has 1 saturated heterocycles. The summed E-state index contributed by atoms with van der Waals surface area (Å²) in [5.41, 5.74) is 2.29. The molecule has 0 spiro atoms. The Balaban J connectivity index is 1.74. The molecule has 2 aromatic rings. The van der Waals surface area contributed by atoms with Crippen LogP contribution in [0.1, 0.15) is 18.1 Å². The summed E-state index contributed by atoms with van der Waals surface area (Å²) in [5, 5.41) is 3.62. The molecule has 3 rings (SSSR count). The Kier molecular flexibility index (Phi) is 4.04. The second kappa shape index (κ2) is 5.96. The lowest BCUT2D eigenvalue weighted by molar-refractivity contribution is 0.136. The molecular weight excluding hydrogens is 263 g/mol. The molecule has 0 aliphatic carbocycles. The Morgan fingerprint density at radius 3 is 2.71 bits per heavy atom. The maximum atomic E-state index is 13.3. The summed E-state index contributed by atoms with van der Waals surface area (Å²) < 4.78 is 13.3. The van der Waals surface area contributed by atoms with Gasteiger partial charge in [0, 0.05) is 26.2 Å². The minimum absolute atomic E-state index is 0.0488. The van der Waals surface area contributed by atoms with Gasteiger partial charge in [-0.15, -0.1) is 0 Å². The molecule has 21 heavy (non-hydrogen) atoms. The monoisotopic (exact) mass is 284 g/mol. The predicted octanol–water partition coefficient (Wildman–Crippen LogP) is 3.15. The highest BCUT2D eigenvalue weighted by Gasteiger charge is 2.31. The SMILES string of the molecule is CC1(c2ccccc2)CN(Cc2cccc(F)c2)CCN1. The standard InChI is InChI=1S/C18H21FN2/c1-18(16-7-3-2-4-8-16)14-21(11-10-20-18)13-15-6-5-9-17(19)12-15/h2-9,12,20H,10-11,13-14H2,1H3. The zero-order chi connectivity index (χ0) is 14.7. The molecule has 1 aliphatic heterocycles. The third-order valence-electron chi connectivity index (χ3n) is 4.19. The van der Waals surface area contributed by atoms with Crippen LogP contribution in [0.5, 0.6) is 0 Å². The smallest absolute Gasteiger partial charge is 0.123 e. The molecule has 110 valence electrons. The van der Waals surface area contributed by atoms with Crippen LogP contribution in [0.25, 0.3) is 0 Å². The van der Waals surface area contributed by atoms with Gasteiger partial charge in [-0.3, -0.25) is 4.90 Å². The van der Waals surface area contributed by atoms with Crippen LogP contribution < -0.4 is 5.32 Å². The van der Waals surface area contributed by atoms with Gasteiger partial charge in [0.2, 0.25) is 0 Å². The van der Waals surface area contributed by atoms with Gasteiger partial charge >= 0.3 is 0 Å². The van der Waals surface area contributed by atoms with Crippen molar-refractivity contribution < 1.29 is 4.39 Å². The lowest BCUT2D eigenvalue weighted by atomic mass is 9.89. The molecule has 3 heteroatoms. The number of hydrogen-bond donors (Lipinski definition) is 1. The molecule has 1 atom stereocenters. The summed E-state index contributed by atoms with van der Waals surface area (Å²) in [6.45, 7) is 5.88. The number of hydrogen-bond acceptors (Lipinski definition) is 2. The van der Waals surface area contributed by atoms with Gasteiger partial charge in [-0.2, -0.15) is 0 Å². The lowest BCUT2D eigenvalue weighted by Gasteiger charge is -2.42. The van der Waals surface area contributed by atoms with E-state index < -0.39 is 0 Å². The van der Waals surface area contributed by atoms with Crippen molar-refractivity contribution >= 4 is 0 Å². The first kappa shape index (κ1) is 14.2. The van der Waals surface area contributed by atoms with Crippen molar-refractivity contribution in [2.75, 3.05) is 19.6 Å². The zero-order valence-electron chi connectivity index (χ0n) is 12.3. The number of piperazine rings is 1. The lowest BCUT2D eigenvalue weighted by Crippen LogP contribution is -2.56. The van der Waals surface area contributed by atoms with Crippen LogP contribution in [0.15, 0.2) is 54.6 Å². The molecule has 1 unspecified atom stereocenters. The molecule has 1 heterocycles. The second-order valence-electron chi connectivity index (χ2n) is 5.97. The van der Waals surface area contributed by atoms with Gasteiger partial charge in [0.1, 0.15) is 5.82 Å². The average Bonchev–Trinajstić information content (AvgIpc) is 2.48. The molecule has 1 N–H and O–H groups in total. The molecule has 2 nitrogen and oxygen atoms in total. The second-order valence-corrected chi connectivity index (χ2v) is 5.97. The van der Waals surface area contributed by atoms with E-state index in [0.29, 0.717) is 0 Å². The van der Waals surface area contributed by atoms with Crippen molar-refractivity contribution in [1.29, 1.82) is 0 Å². The minimum atomic E-state index is -0.159. The molecule has 0 radical (unpaired) electrons. The van der Waals surface area contributed by atoms with Crippen LogP contribution in [-0.4, -0.2) is 24.5 Å². The van der Waals surface area contributed by atoms with E-state index >= 15 is 0 Å². The van der Waals surface area contributed by atoms with Gasteiger partial charge in [-0.05, 0) is 30.2 Å². The van der Waals surface area contributed by atoms with Gasteiger partial charge in [0.05, 0.1) is 5.54 Å². The predicted molar refractivity (Wildman–Crippen MR) is 83.5 cm³/mol. The number of nitrogens with zero attached hydrogens (tertiary/aromatic N) is 1. The first-order valence-corrected chi connectivity index (χ1v) is 7.43. The Morgan fingerprint density at radius 1 is 1.14 bits per heavy atom. The van der Waals surface area contributed by atoms with Crippen LogP contribution in [0.4, 0.5) is 4.39 Å². The topological polar surface area (TPSA) is 15.3 Å². The Bertz CT molecular complexity index is 599. The van der Waals surface area contributed by atoms with Crippen LogP contribution in [0.2, 0.25) is 0 Å². The molecule has 2 aromatic carbocycles. The first-order chi connectivity index (χ1) is 10.2. The van der Waals surface area contributed by atoms with Gasteiger partial charge in [-0.1, -0.05) is 42.5 Å². The molecular formula is C18H21FN2. The van der Waals surface area contributed by atoms with Crippen LogP contribution in [0.3, 0.4) is 0 Å². The molecule has 1 aliphatic rings. The maximum absolute atomic E-state index is 13.3. The van der Waals surface area contributed by atoms with E-state index in [1.807, 2.05) is 12.1 Å². The summed E-state index contributed by atoms with van der Waals surface area (Å²) >= 11 is 0. The van der Waals surface area contributed by atoms with Gasteiger partial charge in [0.25, 0.3) is 0 Å². The Morgan fingerprint density at radius 2 is 1.95 bits per heavy atom. The molecule has 0 amide bonds. The molecule has 0 saturated carbocycles. The molecule has 0 bridgehead atoms. The fourth-order valence-electron chi connectivity index (χ4n) is 3.10. The van der Waals surface area contributed by atoms with E-state index in [-0.39, 0.29) is 11.4 Å². The summed E-state index contributed by atoms with van der Waals surface area (Å²) in [5.74, 6) is -0.159. The fourth-order valence-corrected chi connectivity index (χ4v) is 3.10. The van der Waals surface area contributed by atoms with Crippen LogP contribution in [-0.2, 0) is 12.1 Å². The van der Waals surface area contributed by atoms with Crippen LogP contribution >= 0.6 is 0 Å². The highest BCUT2D eigenvalue weighted by molar-refractivity contribution is 5.25. The van der Waals surface area contributed by atoms with Crippen molar-refractivity contribution in [3.05, 3.63) is 71.5 Å². The summed E-state index contributed by atoms with van der Waals surface area (Å²) in [7, 11) is 0. The van der Waals surface area contributed by atoms with Gasteiger partial charge in [-0.25, -0.2) is 4.39 Å². The number of rotatable bonds is 3. The minimum Gasteiger partial charge on any atom is -0.305 e. The zero-order valence-corrected chi connectivity index (χ0v) is 12.3. The first-order valence-electron chi connectivity index (χ1n) is 7.43. The highest BCUT2D eigenvalue weighted by atomic mass is 19.1. The summed E-state index contributed by atoms with van der Waals surface area (Å²) in [6, 6.07) is 17.4. The van der Waals surface area contributed by atoms with E-state index in [2.05, 4.69) is 41.4 Å². The summed E-state index contributed by atoms with van der Waals surface area (Å²) in [4.78, 5) is 2.39. The van der Waals surface area contributed by atoms with Crippen molar-refractivity contribution in [3.8, 4) is 0 Å². The van der Waals surface area contributed by atoms with E-state index in [4.69, 9.17) is 0 Å². The van der Waals surface area contributed by atoms with E-state index in [9.17, 15) is 4.39 Å². The van der Waals surface area contributed by atoms with Gasteiger partial charge < -0.3 is 5.32 Å².